The van der Waals surface area contributed by atoms with Gasteiger partial charge in [-0.15, -0.1) is 0 Å². The number of carbonyl (C=O) groups is 3. The van der Waals surface area contributed by atoms with Gasteiger partial charge < -0.3 is 15.2 Å². The SMILES string of the molecule is C[C@]12C(=O)N(c3ccccc3C(=O)NCc3ccc(F)cc3)C(=O)N1CCc1c2[nH]c2ccccc12. The summed E-state index contributed by atoms with van der Waals surface area (Å²) in [7, 11) is 0. The monoisotopic (exact) mass is 482 g/mol. The second-order valence-electron chi connectivity index (χ2n) is 9.25. The fraction of sp³-hybridized carbons (Fsp3) is 0.179. The van der Waals surface area contributed by atoms with Gasteiger partial charge in [-0.2, -0.15) is 0 Å². The smallest absolute Gasteiger partial charge is 0.332 e. The Morgan fingerprint density at radius 2 is 1.75 bits per heavy atom. The number of rotatable bonds is 4. The topological polar surface area (TPSA) is 85.5 Å². The van der Waals surface area contributed by atoms with Crippen LogP contribution in [0.25, 0.3) is 10.9 Å². The predicted octanol–water partition coefficient (Wildman–Crippen LogP) is 4.48. The molecule has 2 aliphatic rings. The minimum absolute atomic E-state index is 0.178. The number of hydrogen-bond donors (Lipinski definition) is 2. The lowest BCUT2D eigenvalue weighted by atomic mass is 9.87. The summed E-state index contributed by atoms with van der Waals surface area (Å²) in [5.41, 5.74) is 2.64. The van der Waals surface area contributed by atoms with E-state index in [9.17, 15) is 18.8 Å². The third-order valence-corrected chi connectivity index (χ3v) is 7.22. The lowest BCUT2D eigenvalue weighted by Crippen LogP contribution is -2.49. The summed E-state index contributed by atoms with van der Waals surface area (Å²) in [6.45, 7) is 2.33. The molecule has 0 saturated carbocycles. The molecule has 1 fully saturated rings. The van der Waals surface area contributed by atoms with Crippen LogP contribution in [0, 0.1) is 5.82 Å². The van der Waals surface area contributed by atoms with E-state index >= 15 is 0 Å². The van der Waals surface area contributed by atoms with Gasteiger partial charge in [0.25, 0.3) is 11.8 Å². The van der Waals surface area contributed by atoms with E-state index in [-0.39, 0.29) is 23.6 Å². The number of hydrogen-bond acceptors (Lipinski definition) is 3. The first-order chi connectivity index (χ1) is 17.4. The quantitative estimate of drug-likeness (QED) is 0.421. The van der Waals surface area contributed by atoms with Gasteiger partial charge in [0, 0.05) is 24.0 Å². The molecule has 3 heterocycles. The molecule has 180 valence electrons. The molecule has 8 heteroatoms. The molecule has 2 aliphatic heterocycles. The number of aromatic amines is 1. The first kappa shape index (κ1) is 22.0. The number of H-pyrrole nitrogens is 1. The van der Waals surface area contributed by atoms with E-state index < -0.39 is 23.4 Å². The number of halogens is 1. The van der Waals surface area contributed by atoms with Crippen molar-refractivity contribution < 1.29 is 18.8 Å². The Balaban J connectivity index is 1.35. The van der Waals surface area contributed by atoms with Crippen molar-refractivity contribution in [1.29, 1.82) is 0 Å². The number of anilines is 1. The van der Waals surface area contributed by atoms with Gasteiger partial charge in [0.15, 0.2) is 5.54 Å². The number of urea groups is 1. The molecule has 0 aliphatic carbocycles. The number of amides is 4. The molecule has 0 radical (unpaired) electrons. The zero-order chi connectivity index (χ0) is 25.0. The van der Waals surface area contributed by atoms with Gasteiger partial charge in [-0.05, 0) is 54.8 Å². The molecule has 7 nitrogen and oxygen atoms in total. The summed E-state index contributed by atoms with van der Waals surface area (Å²) in [6, 6.07) is 19.8. The van der Waals surface area contributed by atoms with Crippen molar-refractivity contribution in [2.45, 2.75) is 25.4 Å². The van der Waals surface area contributed by atoms with Gasteiger partial charge in [-0.3, -0.25) is 9.59 Å². The van der Waals surface area contributed by atoms with E-state index in [1.165, 1.54) is 12.1 Å². The van der Waals surface area contributed by atoms with E-state index in [0.29, 0.717) is 18.7 Å². The van der Waals surface area contributed by atoms with Crippen LogP contribution in [0.4, 0.5) is 14.9 Å². The average Bonchev–Trinajstić information content (AvgIpc) is 3.37. The second kappa shape index (κ2) is 8.05. The fourth-order valence-corrected chi connectivity index (χ4v) is 5.34. The van der Waals surface area contributed by atoms with Crippen molar-refractivity contribution in [2.24, 2.45) is 0 Å². The van der Waals surface area contributed by atoms with Crippen LogP contribution in [-0.2, 0) is 23.3 Å². The molecular weight excluding hydrogens is 459 g/mol. The van der Waals surface area contributed by atoms with E-state index in [1.807, 2.05) is 24.3 Å². The van der Waals surface area contributed by atoms with E-state index in [0.717, 1.165) is 26.9 Å². The number of imide groups is 1. The van der Waals surface area contributed by atoms with Crippen molar-refractivity contribution in [3.63, 3.8) is 0 Å². The van der Waals surface area contributed by atoms with Crippen LogP contribution >= 0.6 is 0 Å². The molecule has 1 aromatic heterocycles. The largest absolute Gasteiger partial charge is 0.356 e. The number of benzene rings is 3. The highest BCUT2D eigenvalue weighted by Gasteiger charge is 2.59. The molecule has 4 aromatic rings. The first-order valence-electron chi connectivity index (χ1n) is 11.8. The number of fused-ring (bicyclic) bond motifs is 5. The average molecular weight is 483 g/mol. The maximum Gasteiger partial charge on any atom is 0.332 e. The summed E-state index contributed by atoms with van der Waals surface area (Å²) < 4.78 is 13.2. The number of para-hydroxylation sites is 2. The minimum atomic E-state index is -1.21. The molecular formula is C28H23FN4O3. The molecule has 3 aromatic carbocycles. The van der Waals surface area contributed by atoms with Crippen LogP contribution < -0.4 is 10.2 Å². The summed E-state index contributed by atoms with van der Waals surface area (Å²) in [6.07, 6.45) is 0.627. The van der Waals surface area contributed by atoms with Crippen LogP contribution in [-0.4, -0.2) is 34.3 Å². The molecule has 0 spiro atoms. The van der Waals surface area contributed by atoms with Gasteiger partial charge in [0.2, 0.25) is 0 Å². The number of carbonyl (C=O) groups excluding carboxylic acids is 3. The summed E-state index contributed by atoms with van der Waals surface area (Å²) in [4.78, 5) is 46.8. The molecule has 2 N–H and O–H groups in total. The highest BCUT2D eigenvalue weighted by molar-refractivity contribution is 6.25. The Labute approximate surface area is 206 Å². The van der Waals surface area contributed by atoms with Gasteiger partial charge in [0.05, 0.1) is 16.9 Å². The van der Waals surface area contributed by atoms with Crippen LogP contribution in [0.2, 0.25) is 0 Å². The van der Waals surface area contributed by atoms with Crippen LogP contribution in [0.5, 0.6) is 0 Å². The van der Waals surface area contributed by atoms with E-state index in [4.69, 9.17) is 0 Å². The third-order valence-electron chi connectivity index (χ3n) is 7.22. The second-order valence-corrected chi connectivity index (χ2v) is 9.25. The zero-order valence-electron chi connectivity index (χ0n) is 19.5. The molecule has 4 amide bonds. The molecule has 1 saturated heterocycles. The molecule has 0 bridgehead atoms. The normalized spacial score (nSPS) is 18.9. The highest BCUT2D eigenvalue weighted by atomic mass is 19.1. The first-order valence-corrected chi connectivity index (χ1v) is 11.8. The van der Waals surface area contributed by atoms with Crippen LogP contribution in [0.1, 0.15) is 34.1 Å². The summed E-state index contributed by atoms with van der Waals surface area (Å²) in [5, 5.41) is 3.85. The maximum atomic E-state index is 14.0. The zero-order valence-corrected chi connectivity index (χ0v) is 19.5. The standard InChI is InChI=1S/C28H23FN4O3/c1-28-24-20(19-6-2-4-8-22(19)31-24)14-15-32(28)27(36)33(26(28)35)23-9-5-3-7-21(23)25(34)30-16-17-10-12-18(29)13-11-17/h2-13,31H,14-16H2,1H3,(H,30,34)/t28-/m0/s1. The van der Waals surface area contributed by atoms with Crippen molar-refractivity contribution >= 4 is 34.4 Å². The van der Waals surface area contributed by atoms with Crippen LogP contribution in [0.15, 0.2) is 72.8 Å². The van der Waals surface area contributed by atoms with Gasteiger partial charge in [0.1, 0.15) is 5.82 Å². The van der Waals surface area contributed by atoms with E-state index in [2.05, 4.69) is 10.3 Å². The molecule has 0 unspecified atom stereocenters. The van der Waals surface area contributed by atoms with Gasteiger partial charge in [-0.25, -0.2) is 14.1 Å². The Kier molecular flexibility index (Phi) is 4.93. The highest BCUT2D eigenvalue weighted by Crippen LogP contribution is 2.45. The molecule has 6 rings (SSSR count). The van der Waals surface area contributed by atoms with Crippen molar-refractivity contribution in [2.75, 3.05) is 11.4 Å². The Morgan fingerprint density at radius 1 is 1.03 bits per heavy atom. The Hall–Kier alpha value is -4.46. The number of nitrogens with one attached hydrogen (secondary N) is 2. The van der Waals surface area contributed by atoms with Crippen molar-refractivity contribution in [3.8, 4) is 0 Å². The Morgan fingerprint density at radius 3 is 2.56 bits per heavy atom. The maximum absolute atomic E-state index is 14.0. The van der Waals surface area contributed by atoms with Crippen molar-refractivity contribution in [3.05, 3.63) is 101 Å². The third kappa shape index (κ3) is 3.14. The predicted molar refractivity (Wildman–Crippen MR) is 133 cm³/mol. The lowest BCUT2D eigenvalue weighted by Gasteiger charge is -2.35. The van der Waals surface area contributed by atoms with Gasteiger partial charge in [-0.1, -0.05) is 42.5 Å². The number of nitrogens with zero attached hydrogens (tertiary/aromatic N) is 2. The fourth-order valence-electron chi connectivity index (χ4n) is 5.34. The Bertz CT molecular complexity index is 1540. The molecule has 1 atom stereocenters. The summed E-state index contributed by atoms with van der Waals surface area (Å²) >= 11 is 0. The minimum Gasteiger partial charge on any atom is -0.356 e. The number of aromatic nitrogens is 1. The van der Waals surface area contributed by atoms with Crippen molar-refractivity contribution in [1.82, 2.24) is 15.2 Å². The van der Waals surface area contributed by atoms with Gasteiger partial charge >= 0.3 is 6.03 Å². The van der Waals surface area contributed by atoms with Crippen LogP contribution in [0.3, 0.4) is 0 Å². The summed E-state index contributed by atoms with van der Waals surface area (Å²) in [5.74, 6) is -1.19. The lowest BCUT2D eigenvalue weighted by molar-refractivity contribution is -0.125. The van der Waals surface area contributed by atoms with E-state index in [1.54, 1.807) is 48.2 Å². The molecule has 36 heavy (non-hydrogen) atoms.